The number of alkyl halides is 3. The molecule has 0 aliphatic heterocycles. The maximum absolute atomic E-state index is 10.0. The molecule has 0 heterocycles. The Hall–Kier alpha value is 0.780. The lowest BCUT2D eigenvalue weighted by atomic mass is 10.4. The molecular weight excluding hydrogens is 234 g/mol. The summed E-state index contributed by atoms with van der Waals surface area (Å²) < 4.78 is 28.6. The van der Waals surface area contributed by atoms with Gasteiger partial charge in [-0.05, 0) is 12.8 Å². The SMILES string of the molecule is [O]S(=O)(=O)CCCC(Cl)(Cl)Cl. The summed E-state index contributed by atoms with van der Waals surface area (Å²) in [5, 5.41) is 0. The van der Waals surface area contributed by atoms with E-state index in [4.69, 9.17) is 34.8 Å². The van der Waals surface area contributed by atoms with Crippen LogP contribution in [-0.2, 0) is 14.7 Å². The van der Waals surface area contributed by atoms with Gasteiger partial charge in [-0.15, -0.1) is 0 Å². The highest BCUT2D eigenvalue weighted by Gasteiger charge is 2.20. The minimum atomic E-state index is -4.17. The predicted molar refractivity (Wildman–Crippen MR) is 44.0 cm³/mol. The molecule has 0 atom stereocenters. The first-order chi connectivity index (χ1) is 4.71. The van der Waals surface area contributed by atoms with Crippen molar-refractivity contribution in [3.8, 4) is 0 Å². The fourth-order valence-electron chi connectivity index (χ4n) is 0.449. The van der Waals surface area contributed by atoms with E-state index in [0.29, 0.717) is 0 Å². The van der Waals surface area contributed by atoms with Crippen LogP contribution in [0.2, 0.25) is 0 Å². The van der Waals surface area contributed by atoms with Crippen molar-refractivity contribution in [3.05, 3.63) is 0 Å². The summed E-state index contributed by atoms with van der Waals surface area (Å²) in [4.78, 5) is 0. The zero-order valence-electron chi connectivity index (χ0n) is 5.39. The molecule has 0 aromatic carbocycles. The molecule has 0 aliphatic carbocycles. The molecule has 0 unspecified atom stereocenters. The highest BCUT2D eigenvalue weighted by atomic mass is 35.6. The zero-order valence-corrected chi connectivity index (χ0v) is 8.47. The molecule has 0 N–H and O–H groups in total. The number of hydrogen-bond donors (Lipinski definition) is 0. The van der Waals surface area contributed by atoms with Gasteiger partial charge in [-0.1, -0.05) is 39.4 Å². The Kier molecular flexibility index (Phi) is 4.43. The third-order valence-corrected chi connectivity index (χ3v) is 2.21. The van der Waals surface area contributed by atoms with E-state index in [2.05, 4.69) is 0 Å². The maximum atomic E-state index is 10.0. The Morgan fingerprint density at radius 2 is 1.64 bits per heavy atom. The van der Waals surface area contributed by atoms with E-state index in [1.807, 2.05) is 0 Å². The topological polar surface area (TPSA) is 54.0 Å². The Bertz CT molecular complexity index is 205. The van der Waals surface area contributed by atoms with E-state index in [1.165, 1.54) is 0 Å². The van der Waals surface area contributed by atoms with Crippen molar-refractivity contribution in [2.75, 3.05) is 5.75 Å². The van der Waals surface area contributed by atoms with Crippen LogP contribution in [0.3, 0.4) is 0 Å². The Morgan fingerprint density at radius 1 is 1.18 bits per heavy atom. The number of halogens is 3. The highest BCUT2D eigenvalue weighted by Crippen LogP contribution is 2.31. The van der Waals surface area contributed by atoms with Gasteiger partial charge in [0.1, 0.15) is 0 Å². The van der Waals surface area contributed by atoms with Crippen molar-refractivity contribution in [2.45, 2.75) is 16.6 Å². The van der Waals surface area contributed by atoms with Crippen LogP contribution in [0.25, 0.3) is 0 Å². The Balaban J connectivity index is 3.61. The van der Waals surface area contributed by atoms with Gasteiger partial charge in [0, 0.05) is 0 Å². The molecule has 7 heteroatoms. The number of rotatable bonds is 3. The standard InChI is InChI=1S/C4H6Cl3O3S/c5-4(6,7)2-1-3-11(8,9)10/h1-3H2. The zero-order chi connectivity index (χ0) is 9.12. The summed E-state index contributed by atoms with van der Waals surface area (Å²) in [6.45, 7) is 0. The van der Waals surface area contributed by atoms with E-state index in [0.717, 1.165) is 0 Å². The molecule has 67 valence electrons. The lowest BCUT2D eigenvalue weighted by molar-refractivity contribution is 0.412. The Labute approximate surface area is 80.4 Å². The third kappa shape index (κ3) is 10.8. The molecule has 0 amide bonds. The van der Waals surface area contributed by atoms with Crippen LogP contribution in [0.1, 0.15) is 12.8 Å². The summed E-state index contributed by atoms with van der Waals surface area (Å²) in [7, 11) is -4.17. The minimum Gasteiger partial charge on any atom is -0.197 e. The van der Waals surface area contributed by atoms with Crippen LogP contribution in [0.5, 0.6) is 0 Å². The van der Waals surface area contributed by atoms with Crippen LogP contribution < -0.4 is 0 Å². The predicted octanol–water partition coefficient (Wildman–Crippen LogP) is 1.90. The molecule has 0 bridgehead atoms. The van der Waals surface area contributed by atoms with Crippen molar-refractivity contribution in [3.63, 3.8) is 0 Å². The molecule has 0 fully saturated rings. The summed E-state index contributed by atoms with van der Waals surface area (Å²) in [5.74, 6) is -0.485. The van der Waals surface area contributed by atoms with Gasteiger partial charge < -0.3 is 0 Å². The largest absolute Gasteiger partial charge is 0.294 e. The van der Waals surface area contributed by atoms with Crippen LogP contribution in [0.4, 0.5) is 0 Å². The van der Waals surface area contributed by atoms with E-state index >= 15 is 0 Å². The van der Waals surface area contributed by atoms with Gasteiger partial charge in [-0.25, -0.2) is 0 Å². The summed E-state index contributed by atoms with van der Waals surface area (Å²) in [6.07, 6.45) is 0.140. The van der Waals surface area contributed by atoms with Gasteiger partial charge >= 0.3 is 0 Å². The van der Waals surface area contributed by atoms with Gasteiger partial charge in [0.15, 0.2) is 3.79 Å². The molecule has 0 spiro atoms. The molecule has 0 saturated carbocycles. The van der Waals surface area contributed by atoms with Gasteiger partial charge in [-0.2, -0.15) is 8.42 Å². The summed E-state index contributed by atoms with van der Waals surface area (Å²) >= 11 is 15.9. The monoisotopic (exact) mass is 239 g/mol. The molecular formula is C4H6Cl3O3S. The van der Waals surface area contributed by atoms with E-state index < -0.39 is 19.7 Å². The van der Waals surface area contributed by atoms with Crippen LogP contribution in [0.15, 0.2) is 0 Å². The quantitative estimate of drug-likeness (QED) is 0.708. The summed E-state index contributed by atoms with van der Waals surface area (Å²) in [6, 6.07) is 0. The first kappa shape index (κ1) is 11.8. The summed E-state index contributed by atoms with van der Waals surface area (Å²) in [5.41, 5.74) is 0. The fourth-order valence-corrected chi connectivity index (χ4v) is 1.35. The van der Waals surface area contributed by atoms with E-state index in [9.17, 15) is 13.0 Å². The van der Waals surface area contributed by atoms with Crippen LogP contribution in [-0.4, -0.2) is 18.0 Å². The first-order valence-corrected chi connectivity index (χ1v) is 5.42. The first-order valence-electron chi connectivity index (χ1n) is 2.71. The maximum Gasteiger partial charge on any atom is 0.294 e. The minimum absolute atomic E-state index is 0.0686. The van der Waals surface area contributed by atoms with Crippen LogP contribution >= 0.6 is 34.8 Å². The molecule has 0 aliphatic rings. The lowest BCUT2D eigenvalue weighted by Crippen LogP contribution is -2.07. The van der Waals surface area contributed by atoms with E-state index in [-0.39, 0.29) is 12.8 Å². The second-order valence-electron chi connectivity index (χ2n) is 1.98. The van der Waals surface area contributed by atoms with Gasteiger partial charge in [-0.3, -0.25) is 0 Å². The van der Waals surface area contributed by atoms with Gasteiger partial charge in [0.05, 0.1) is 5.75 Å². The molecule has 0 saturated heterocycles. The van der Waals surface area contributed by atoms with Crippen molar-refractivity contribution in [1.82, 2.24) is 0 Å². The molecule has 3 nitrogen and oxygen atoms in total. The third-order valence-electron chi connectivity index (χ3n) is 0.855. The van der Waals surface area contributed by atoms with Gasteiger partial charge in [0.2, 0.25) is 0 Å². The second kappa shape index (κ2) is 4.14. The average Bonchev–Trinajstić information content (AvgIpc) is 1.55. The number of hydrogen-bond acceptors (Lipinski definition) is 2. The molecule has 0 rings (SSSR count). The lowest BCUT2D eigenvalue weighted by Gasteiger charge is -2.07. The molecule has 0 aromatic heterocycles. The van der Waals surface area contributed by atoms with E-state index in [1.54, 1.807) is 0 Å². The van der Waals surface area contributed by atoms with Crippen molar-refractivity contribution < 1.29 is 13.0 Å². The molecule has 0 aromatic rings. The smallest absolute Gasteiger partial charge is 0.197 e. The van der Waals surface area contributed by atoms with Crippen molar-refractivity contribution in [1.29, 1.82) is 0 Å². The van der Waals surface area contributed by atoms with Crippen molar-refractivity contribution >= 4 is 44.9 Å². The molecule has 1 radical (unpaired) electrons. The molecule has 11 heavy (non-hydrogen) atoms. The highest BCUT2D eigenvalue weighted by molar-refractivity contribution is 7.85. The second-order valence-corrected chi connectivity index (χ2v) is 6.02. The fraction of sp³-hybridized carbons (Fsp3) is 1.00. The average molecular weight is 241 g/mol. The van der Waals surface area contributed by atoms with Crippen LogP contribution in [0, 0.1) is 0 Å². The Morgan fingerprint density at radius 3 is 1.91 bits per heavy atom. The normalized spacial score (nSPS) is 13.5. The van der Waals surface area contributed by atoms with Crippen molar-refractivity contribution in [2.24, 2.45) is 0 Å². The van der Waals surface area contributed by atoms with Gasteiger partial charge in [0.25, 0.3) is 10.1 Å².